The van der Waals surface area contributed by atoms with Crippen LogP contribution >= 0.6 is 0 Å². The predicted octanol–water partition coefficient (Wildman–Crippen LogP) is -0.100. The van der Waals surface area contributed by atoms with Gasteiger partial charge in [-0.25, -0.2) is 0 Å². The van der Waals surface area contributed by atoms with Crippen LogP contribution in [0, 0.1) is 5.41 Å². The van der Waals surface area contributed by atoms with E-state index in [1.54, 1.807) is 24.5 Å². The molecule has 2 rings (SSSR count). The van der Waals surface area contributed by atoms with Crippen molar-refractivity contribution in [1.29, 1.82) is 5.41 Å². The molecule has 1 saturated heterocycles. The van der Waals surface area contributed by atoms with Gasteiger partial charge in [-0.15, -0.1) is 0 Å². The second-order valence-corrected chi connectivity index (χ2v) is 3.21. The molecule has 1 aromatic rings. The smallest absolute Gasteiger partial charge is 0.100 e. The highest BCUT2D eigenvalue weighted by molar-refractivity contribution is 4.95. The molecule has 4 heteroatoms. The molecule has 1 fully saturated rings. The first-order valence-corrected chi connectivity index (χ1v) is 4.25. The summed E-state index contributed by atoms with van der Waals surface area (Å²) in [7, 11) is 0. The van der Waals surface area contributed by atoms with Gasteiger partial charge in [-0.2, -0.15) is 0 Å². The second kappa shape index (κ2) is 3.32. The van der Waals surface area contributed by atoms with E-state index in [0.29, 0.717) is 18.6 Å². The zero-order valence-corrected chi connectivity index (χ0v) is 7.18. The van der Waals surface area contributed by atoms with E-state index in [9.17, 15) is 5.11 Å². The van der Waals surface area contributed by atoms with E-state index in [-0.39, 0.29) is 6.04 Å². The van der Waals surface area contributed by atoms with Crippen molar-refractivity contribution >= 4 is 0 Å². The Hall–Kier alpha value is -1.13. The molecule has 0 aliphatic carbocycles. The van der Waals surface area contributed by atoms with Gasteiger partial charge in [0.25, 0.3) is 0 Å². The quantitative estimate of drug-likeness (QED) is 0.634. The summed E-state index contributed by atoms with van der Waals surface area (Å²) in [4.78, 5) is 0. The van der Waals surface area contributed by atoms with Crippen LogP contribution in [-0.4, -0.2) is 29.0 Å². The number of ether oxygens (including phenoxy) is 1. The largest absolute Gasteiger partial charge is 0.388 e. The molecule has 0 radical (unpaired) electrons. The van der Waals surface area contributed by atoms with Crippen LogP contribution in [0.3, 0.4) is 0 Å². The molecule has 1 aliphatic rings. The summed E-state index contributed by atoms with van der Waals surface area (Å²) in [6, 6.07) is 3.40. The minimum Gasteiger partial charge on any atom is -0.388 e. The molecule has 2 heterocycles. The number of nitrogens with one attached hydrogen (secondary N) is 1. The summed E-state index contributed by atoms with van der Waals surface area (Å²) in [5.74, 6) is 0. The van der Waals surface area contributed by atoms with Gasteiger partial charge in [0.05, 0.1) is 24.6 Å². The van der Waals surface area contributed by atoms with E-state index < -0.39 is 6.10 Å². The number of aliphatic hydroxyl groups is 1. The average molecular weight is 180 g/mol. The van der Waals surface area contributed by atoms with Crippen molar-refractivity contribution in [2.45, 2.75) is 12.1 Å². The number of aliphatic hydroxyl groups excluding tert-OH is 1. The first-order chi connectivity index (χ1) is 6.27. The Kier molecular flexibility index (Phi) is 2.16. The number of hydrogen-bond acceptors (Lipinski definition) is 3. The summed E-state index contributed by atoms with van der Waals surface area (Å²) in [6.45, 7) is 0.948. The second-order valence-electron chi connectivity index (χ2n) is 3.21. The van der Waals surface area contributed by atoms with Crippen molar-refractivity contribution in [1.82, 2.24) is 4.57 Å². The Morgan fingerprint density at radius 1 is 1.38 bits per heavy atom. The molecule has 2 N–H and O–H groups in total. The summed E-state index contributed by atoms with van der Waals surface area (Å²) >= 11 is 0. The fourth-order valence-electron chi connectivity index (χ4n) is 1.48. The van der Waals surface area contributed by atoms with Crippen molar-refractivity contribution < 1.29 is 9.84 Å². The standard InChI is InChI=1S/C9H12N2O2/c10-7-1-3-11(4-2-7)8-5-13-6-9(8)12/h1-4,8-10,12H,5-6H2/t8-,9-/m1/s1. The van der Waals surface area contributed by atoms with Gasteiger partial charge in [0, 0.05) is 12.4 Å². The van der Waals surface area contributed by atoms with Gasteiger partial charge in [-0.3, -0.25) is 0 Å². The first-order valence-electron chi connectivity index (χ1n) is 4.25. The maximum atomic E-state index is 9.52. The number of aromatic nitrogens is 1. The molecule has 2 atom stereocenters. The molecule has 4 nitrogen and oxygen atoms in total. The van der Waals surface area contributed by atoms with Crippen molar-refractivity contribution in [2.75, 3.05) is 13.2 Å². The summed E-state index contributed by atoms with van der Waals surface area (Å²) in [5.41, 5.74) is 0. The summed E-state index contributed by atoms with van der Waals surface area (Å²) in [5, 5.41) is 17.3. The van der Waals surface area contributed by atoms with Crippen LogP contribution in [0.4, 0.5) is 0 Å². The van der Waals surface area contributed by atoms with Crippen LogP contribution in [0.25, 0.3) is 0 Å². The number of hydrogen-bond donors (Lipinski definition) is 2. The minimum absolute atomic E-state index is 0.000556. The van der Waals surface area contributed by atoms with Gasteiger partial charge in [0.2, 0.25) is 0 Å². The van der Waals surface area contributed by atoms with E-state index in [4.69, 9.17) is 10.1 Å². The van der Waals surface area contributed by atoms with E-state index in [1.165, 1.54) is 0 Å². The van der Waals surface area contributed by atoms with Gasteiger partial charge in [0.15, 0.2) is 0 Å². The molecule has 13 heavy (non-hydrogen) atoms. The average Bonchev–Trinajstić information content (AvgIpc) is 2.53. The van der Waals surface area contributed by atoms with Gasteiger partial charge < -0.3 is 19.8 Å². The zero-order valence-electron chi connectivity index (χ0n) is 7.18. The van der Waals surface area contributed by atoms with Gasteiger partial charge in [-0.05, 0) is 12.1 Å². The monoisotopic (exact) mass is 180 g/mol. The van der Waals surface area contributed by atoms with Crippen molar-refractivity contribution in [3.63, 3.8) is 0 Å². The maximum Gasteiger partial charge on any atom is 0.100 e. The highest BCUT2D eigenvalue weighted by Gasteiger charge is 2.26. The molecule has 0 saturated carbocycles. The van der Waals surface area contributed by atoms with E-state index >= 15 is 0 Å². The fourth-order valence-corrected chi connectivity index (χ4v) is 1.48. The molecule has 0 aromatic carbocycles. The summed E-state index contributed by atoms with van der Waals surface area (Å²) in [6.07, 6.45) is 3.16. The third kappa shape index (κ3) is 1.64. The lowest BCUT2D eigenvalue weighted by Gasteiger charge is -2.15. The van der Waals surface area contributed by atoms with Gasteiger partial charge in [-0.1, -0.05) is 0 Å². The van der Waals surface area contributed by atoms with Crippen LogP contribution in [0.15, 0.2) is 24.5 Å². The number of nitrogens with zero attached hydrogens (tertiary/aromatic N) is 1. The Bertz CT molecular complexity index is 327. The molecule has 70 valence electrons. The topological polar surface area (TPSA) is 58.2 Å². The Morgan fingerprint density at radius 2 is 2.08 bits per heavy atom. The number of rotatable bonds is 1. The highest BCUT2D eigenvalue weighted by atomic mass is 16.5. The first kappa shape index (κ1) is 8.47. The van der Waals surface area contributed by atoms with Crippen LogP contribution in [0.2, 0.25) is 0 Å². The van der Waals surface area contributed by atoms with Gasteiger partial charge in [0.1, 0.15) is 6.10 Å². The van der Waals surface area contributed by atoms with Crippen LogP contribution in [0.5, 0.6) is 0 Å². The maximum absolute atomic E-state index is 9.52. The van der Waals surface area contributed by atoms with E-state index in [2.05, 4.69) is 0 Å². The molecular formula is C9H12N2O2. The van der Waals surface area contributed by atoms with Crippen molar-refractivity contribution in [2.24, 2.45) is 0 Å². The third-order valence-electron chi connectivity index (χ3n) is 2.26. The fraction of sp³-hybridized carbons (Fsp3) is 0.444. The third-order valence-corrected chi connectivity index (χ3v) is 2.26. The molecule has 0 amide bonds. The zero-order chi connectivity index (χ0) is 9.26. The Labute approximate surface area is 75.9 Å². The molecular weight excluding hydrogens is 168 g/mol. The molecule has 0 bridgehead atoms. The normalized spacial score (nSPS) is 27.8. The lowest BCUT2D eigenvalue weighted by atomic mass is 10.2. The van der Waals surface area contributed by atoms with Crippen LogP contribution < -0.4 is 5.36 Å². The van der Waals surface area contributed by atoms with Gasteiger partial charge >= 0.3 is 0 Å². The SMILES string of the molecule is N=c1ccn([C@@H]2COC[C@H]2O)cc1. The molecule has 1 aromatic heterocycles. The van der Waals surface area contributed by atoms with Crippen LogP contribution in [0.1, 0.15) is 6.04 Å². The summed E-state index contributed by atoms with van der Waals surface area (Å²) < 4.78 is 7.02. The lowest BCUT2D eigenvalue weighted by Crippen LogP contribution is -2.22. The van der Waals surface area contributed by atoms with Crippen molar-refractivity contribution in [3.8, 4) is 0 Å². The Balaban J connectivity index is 2.25. The lowest BCUT2D eigenvalue weighted by molar-refractivity contribution is 0.119. The minimum atomic E-state index is -0.429. The number of pyridine rings is 1. The van der Waals surface area contributed by atoms with Crippen LogP contribution in [-0.2, 0) is 4.74 Å². The van der Waals surface area contributed by atoms with E-state index in [0.717, 1.165) is 0 Å². The molecule has 0 spiro atoms. The molecule has 1 aliphatic heterocycles. The Morgan fingerprint density at radius 3 is 2.62 bits per heavy atom. The predicted molar refractivity (Wildman–Crippen MR) is 46.1 cm³/mol. The molecule has 0 unspecified atom stereocenters. The highest BCUT2D eigenvalue weighted by Crippen LogP contribution is 2.18. The van der Waals surface area contributed by atoms with Crippen molar-refractivity contribution in [3.05, 3.63) is 29.9 Å². The van der Waals surface area contributed by atoms with E-state index in [1.807, 2.05) is 4.57 Å².